The topological polar surface area (TPSA) is 62.5 Å². The van der Waals surface area contributed by atoms with E-state index in [4.69, 9.17) is 9.41 Å². The molecule has 0 amide bonds. The molecule has 5 nitrogen and oxygen atoms in total. The second-order valence-corrected chi connectivity index (χ2v) is 6.75. The van der Waals surface area contributed by atoms with Crippen molar-refractivity contribution in [2.75, 3.05) is 6.54 Å². The van der Waals surface area contributed by atoms with Gasteiger partial charge in [0.1, 0.15) is 5.76 Å². The molecular weight excluding hydrogens is 439 g/mol. The maximum Gasteiger partial charge on any atom is 0.191 e. The minimum absolute atomic E-state index is 0. The van der Waals surface area contributed by atoms with Crippen molar-refractivity contribution in [3.8, 4) is 0 Å². The van der Waals surface area contributed by atoms with E-state index in [-0.39, 0.29) is 24.0 Å². The lowest BCUT2D eigenvalue weighted by atomic mass is 9.86. The monoisotopic (exact) mass is 468 g/mol. The van der Waals surface area contributed by atoms with Crippen LogP contribution in [0.3, 0.4) is 0 Å². The number of aromatic nitrogens is 1. The maximum absolute atomic E-state index is 5.40. The molecule has 1 fully saturated rings. The van der Waals surface area contributed by atoms with E-state index in [9.17, 15) is 0 Å². The van der Waals surface area contributed by atoms with E-state index >= 15 is 0 Å². The van der Waals surface area contributed by atoms with E-state index in [1.54, 1.807) is 6.26 Å². The first kappa shape index (κ1) is 20.7. The molecule has 2 aromatic rings. The molecule has 0 radical (unpaired) electrons. The van der Waals surface area contributed by atoms with Gasteiger partial charge in [0.05, 0.1) is 18.5 Å². The van der Waals surface area contributed by atoms with Gasteiger partial charge in [-0.2, -0.15) is 0 Å². The maximum atomic E-state index is 5.40. The van der Waals surface area contributed by atoms with Gasteiger partial charge >= 0.3 is 0 Å². The number of nitrogens with one attached hydrogen (secondary N) is 2. The van der Waals surface area contributed by atoms with Gasteiger partial charge in [-0.1, -0.05) is 25.8 Å². The predicted molar refractivity (Wildman–Crippen MR) is 116 cm³/mol. The number of pyridine rings is 1. The zero-order valence-corrected chi connectivity index (χ0v) is 17.7. The number of hydrogen-bond donors (Lipinski definition) is 2. The van der Waals surface area contributed by atoms with E-state index in [0.717, 1.165) is 30.4 Å². The zero-order valence-electron chi connectivity index (χ0n) is 15.4. The fourth-order valence-electron chi connectivity index (χ4n) is 3.27. The Hall–Kier alpha value is -1.57. The number of hydrogen-bond acceptors (Lipinski definition) is 3. The summed E-state index contributed by atoms with van der Waals surface area (Å²) in [5.74, 6) is 2.54. The lowest BCUT2D eigenvalue weighted by molar-refractivity contribution is 0.306. The lowest BCUT2D eigenvalue weighted by Gasteiger charge is -2.31. The summed E-state index contributed by atoms with van der Waals surface area (Å²) in [5, 5.41) is 7.08. The Kier molecular flexibility index (Phi) is 8.94. The van der Waals surface area contributed by atoms with E-state index < -0.39 is 0 Å². The number of furan rings is 1. The normalized spacial score (nSPS) is 20.3. The summed E-state index contributed by atoms with van der Waals surface area (Å²) in [6, 6.07) is 10.4. The van der Waals surface area contributed by atoms with Crippen molar-refractivity contribution < 1.29 is 4.42 Å². The van der Waals surface area contributed by atoms with E-state index in [0.29, 0.717) is 18.5 Å². The summed E-state index contributed by atoms with van der Waals surface area (Å²) in [7, 11) is 0. The van der Waals surface area contributed by atoms with Gasteiger partial charge in [0.15, 0.2) is 5.96 Å². The first-order valence-corrected chi connectivity index (χ1v) is 9.28. The lowest BCUT2D eigenvalue weighted by Crippen LogP contribution is -2.47. The van der Waals surface area contributed by atoms with Crippen molar-refractivity contribution in [2.45, 2.75) is 51.6 Å². The highest BCUT2D eigenvalue weighted by atomic mass is 127. The first-order chi connectivity index (χ1) is 12.3. The van der Waals surface area contributed by atoms with Crippen LogP contribution in [-0.2, 0) is 13.0 Å². The minimum Gasteiger partial charge on any atom is -0.469 e. The Morgan fingerprint density at radius 3 is 2.85 bits per heavy atom. The molecule has 3 rings (SSSR count). The fraction of sp³-hybridized carbons (Fsp3) is 0.500. The van der Waals surface area contributed by atoms with Crippen molar-refractivity contribution in [2.24, 2.45) is 10.9 Å². The highest BCUT2D eigenvalue weighted by Gasteiger charge is 2.22. The van der Waals surface area contributed by atoms with Crippen molar-refractivity contribution in [3.05, 3.63) is 54.2 Å². The molecule has 0 bridgehead atoms. The van der Waals surface area contributed by atoms with Crippen LogP contribution in [0.5, 0.6) is 0 Å². The molecule has 1 saturated carbocycles. The largest absolute Gasteiger partial charge is 0.469 e. The van der Waals surface area contributed by atoms with Crippen LogP contribution in [0.2, 0.25) is 0 Å². The fourth-order valence-corrected chi connectivity index (χ4v) is 3.27. The van der Waals surface area contributed by atoms with Gasteiger partial charge in [0, 0.05) is 25.2 Å². The van der Waals surface area contributed by atoms with Crippen molar-refractivity contribution >= 4 is 29.9 Å². The molecule has 2 unspecified atom stereocenters. The van der Waals surface area contributed by atoms with Gasteiger partial charge < -0.3 is 15.1 Å². The first-order valence-electron chi connectivity index (χ1n) is 9.28. The van der Waals surface area contributed by atoms with Crippen molar-refractivity contribution in [1.29, 1.82) is 0 Å². The number of aliphatic imine (C=N–C) groups is 1. The van der Waals surface area contributed by atoms with Crippen LogP contribution in [-0.4, -0.2) is 23.5 Å². The van der Waals surface area contributed by atoms with Gasteiger partial charge in [-0.3, -0.25) is 4.98 Å². The summed E-state index contributed by atoms with van der Waals surface area (Å²) in [4.78, 5) is 9.10. The molecule has 6 heteroatoms. The SMILES string of the molecule is CC1CCCCC1NC(=NCc1ccccn1)NCCc1ccco1.I. The molecule has 142 valence electrons. The minimum atomic E-state index is 0. The van der Waals surface area contributed by atoms with Gasteiger partial charge in [-0.05, 0) is 43.0 Å². The Bertz CT molecular complexity index is 645. The van der Waals surface area contributed by atoms with E-state index in [2.05, 4.69) is 22.5 Å². The Morgan fingerprint density at radius 2 is 2.12 bits per heavy atom. The average Bonchev–Trinajstić information content (AvgIpc) is 3.15. The molecular formula is C20H29IN4O. The summed E-state index contributed by atoms with van der Waals surface area (Å²) < 4.78 is 5.40. The zero-order chi connectivity index (χ0) is 17.3. The molecule has 0 aliphatic heterocycles. The number of guanidine groups is 1. The molecule has 0 aromatic carbocycles. The van der Waals surface area contributed by atoms with Crippen molar-refractivity contribution in [1.82, 2.24) is 15.6 Å². The molecule has 0 spiro atoms. The Morgan fingerprint density at radius 1 is 1.23 bits per heavy atom. The third-order valence-corrected chi connectivity index (χ3v) is 4.80. The molecule has 1 aliphatic carbocycles. The van der Waals surface area contributed by atoms with Crippen LogP contribution < -0.4 is 10.6 Å². The van der Waals surface area contributed by atoms with E-state index in [1.165, 1.54) is 25.7 Å². The average molecular weight is 468 g/mol. The smallest absolute Gasteiger partial charge is 0.191 e. The summed E-state index contributed by atoms with van der Waals surface area (Å²) in [5.41, 5.74) is 0.978. The third-order valence-electron chi connectivity index (χ3n) is 4.80. The molecule has 2 aromatic heterocycles. The van der Waals surface area contributed by atoms with Gasteiger partial charge in [0.25, 0.3) is 0 Å². The predicted octanol–water partition coefficient (Wildman–Crippen LogP) is 4.15. The van der Waals surface area contributed by atoms with Crippen LogP contribution in [0.25, 0.3) is 0 Å². The van der Waals surface area contributed by atoms with E-state index in [1.807, 2.05) is 36.5 Å². The highest BCUT2D eigenvalue weighted by molar-refractivity contribution is 14.0. The second kappa shape index (κ2) is 11.2. The van der Waals surface area contributed by atoms with Crippen LogP contribution in [0, 0.1) is 5.92 Å². The summed E-state index contributed by atoms with van der Waals surface area (Å²) >= 11 is 0. The molecule has 0 saturated heterocycles. The van der Waals surface area contributed by atoms with Crippen LogP contribution in [0.1, 0.15) is 44.1 Å². The van der Waals surface area contributed by atoms with Gasteiger partial charge in [-0.25, -0.2) is 4.99 Å². The summed E-state index contributed by atoms with van der Waals surface area (Å²) in [6.45, 7) is 3.71. The van der Waals surface area contributed by atoms with Crippen LogP contribution in [0.15, 0.2) is 52.2 Å². The molecule has 2 heterocycles. The molecule has 26 heavy (non-hydrogen) atoms. The Labute approximate surface area is 173 Å². The standard InChI is InChI=1S/C20H28N4O.HI/c1-16-7-2-3-10-19(16)24-20(22-13-11-18-9-6-14-25-18)23-15-17-8-4-5-12-21-17;/h4-6,8-9,12,14,16,19H,2-3,7,10-11,13,15H2,1H3,(H2,22,23,24);1H. The van der Waals surface area contributed by atoms with Gasteiger partial charge in [-0.15, -0.1) is 24.0 Å². The second-order valence-electron chi connectivity index (χ2n) is 6.75. The molecule has 2 atom stereocenters. The van der Waals surface area contributed by atoms with Crippen LogP contribution >= 0.6 is 24.0 Å². The van der Waals surface area contributed by atoms with Gasteiger partial charge in [0.2, 0.25) is 0 Å². The van der Waals surface area contributed by atoms with Crippen molar-refractivity contribution in [3.63, 3.8) is 0 Å². The number of halogens is 1. The highest BCUT2D eigenvalue weighted by Crippen LogP contribution is 2.23. The van der Waals surface area contributed by atoms with Crippen LogP contribution in [0.4, 0.5) is 0 Å². The number of rotatable bonds is 6. The number of nitrogens with zero attached hydrogens (tertiary/aromatic N) is 2. The molecule has 1 aliphatic rings. The quantitative estimate of drug-likeness (QED) is 0.380. The summed E-state index contributed by atoms with van der Waals surface area (Å²) in [6.07, 6.45) is 9.51. The third kappa shape index (κ3) is 6.63. The Balaban J connectivity index is 0.00000243. The molecule has 2 N–H and O–H groups in total.